The summed E-state index contributed by atoms with van der Waals surface area (Å²) in [6.45, 7) is 4.35. The van der Waals surface area contributed by atoms with Crippen molar-refractivity contribution in [2.24, 2.45) is 0 Å². The van der Waals surface area contributed by atoms with Crippen LogP contribution in [0.25, 0.3) is 0 Å². The molecule has 3 aromatic carbocycles. The second kappa shape index (κ2) is 12.6. The Kier molecular flexibility index (Phi) is 9.52. The van der Waals surface area contributed by atoms with E-state index < -0.39 is 18.1 Å². The maximum absolute atomic E-state index is 12.7. The average molecular weight is 521 g/mol. The van der Waals surface area contributed by atoms with Crippen molar-refractivity contribution in [1.82, 2.24) is 0 Å². The van der Waals surface area contributed by atoms with Gasteiger partial charge in [-0.1, -0.05) is 31.2 Å². The summed E-state index contributed by atoms with van der Waals surface area (Å²) in [5.41, 5.74) is 2.06. The zero-order valence-electron chi connectivity index (χ0n) is 19.9. The molecule has 0 aliphatic carbocycles. The molecule has 3 aromatic rings. The van der Waals surface area contributed by atoms with Crippen LogP contribution in [0.1, 0.15) is 30.9 Å². The Bertz CT molecular complexity index is 1150. The van der Waals surface area contributed by atoms with Gasteiger partial charge in [0.1, 0.15) is 11.5 Å². The number of aryl methyl sites for hydroxylation is 2. The Hall–Kier alpha value is -3.33. The summed E-state index contributed by atoms with van der Waals surface area (Å²) in [7, 11) is 0. The van der Waals surface area contributed by atoms with Crippen LogP contribution in [0.3, 0.4) is 0 Å². The van der Waals surface area contributed by atoms with Crippen LogP contribution in [-0.4, -0.2) is 29.3 Å². The Morgan fingerprint density at radius 1 is 1.00 bits per heavy atom. The second-order valence-electron chi connectivity index (χ2n) is 8.12. The maximum atomic E-state index is 12.7. The molecule has 0 saturated heterocycles. The number of hydrogen-bond acceptors (Lipinski definition) is 5. The molecule has 0 aromatic heterocycles. The van der Waals surface area contributed by atoms with Crippen LogP contribution in [0.4, 0.5) is 13.2 Å². The van der Waals surface area contributed by atoms with Crippen molar-refractivity contribution in [3.8, 4) is 23.0 Å². The van der Waals surface area contributed by atoms with Crippen LogP contribution in [0, 0.1) is 6.92 Å². The molecule has 0 aliphatic heterocycles. The molecule has 0 amide bonds. The molecule has 1 atom stereocenters. The number of ether oxygens (including phenoxy) is 3. The molecule has 192 valence electrons. The van der Waals surface area contributed by atoms with Crippen LogP contribution >= 0.6 is 11.8 Å². The number of carbonyl (C=O) groups is 1. The molecule has 9 heteroatoms. The summed E-state index contributed by atoms with van der Waals surface area (Å²) in [5, 5.41) is 9.07. The summed E-state index contributed by atoms with van der Waals surface area (Å²) in [4.78, 5) is 11.9. The van der Waals surface area contributed by atoms with Crippen molar-refractivity contribution in [2.75, 3.05) is 6.61 Å². The molecule has 0 bridgehead atoms. The largest absolute Gasteiger partial charge is 0.573 e. The lowest BCUT2D eigenvalue weighted by Crippen LogP contribution is -2.17. The van der Waals surface area contributed by atoms with Gasteiger partial charge in [0.25, 0.3) is 0 Å². The number of para-hydroxylation sites is 1. The van der Waals surface area contributed by atoms with Crippen LogP contribution in [0.2, 0.25) is 0 Å². The summed E-state index contributed by atoms with van der Waals surface area (Å²) in [6, 6.07) is 18.4. The lowest BCUT2D eigenvalue weighted by atomic mass is 10.0. The number of hydrogen-bond donors (Lipinski definition) is 1. The van der Waals surface area contributed by atoms with Gasteiger partial charge in [0.15, 0.2) is 11.5 Å². The predicted octanol–water partition coefficient (Wildman–Crippen LogP) is 7.65. The fourth-order valence-electron chi connectivity index (χ4n) is 3.39. The van der Waals surface area contributed by atoms with Crippen LogP contribution in [0.5, 0.6) is 23.0 Å². The standard InChI is InChI=1S/C27H27F3O5S/c1-18-16-23(11-8-20(18)9-13-26(31)32)36-19(2)14-15-33-24-12-10-22(35-27(28,29)30)17-25(24)34-21-6-4-3-5-7-21/h3-8,10-12,16-17,19H,9,13-15H2,1-2H3,(H,31,32)/t19-/m1/s1. The molecule has 0 spiro atoms. The molecule has 3 rings (SSSR count). The molecular weight excluding hydrogens is 493 g/mol. The molecule has 0 saturated carbocycles. The first-order valence-electron chi connectivity index (χ1n) is 11.3. The predicted molar refractivity (Wildman–Crippen MR) is 132 cm³/mol. The minimum atomic E-state index is -4.81. The van der Waals surface area contributed by atoms with Crippen LogP contribution in [0.15, 0.2) is 71.6 Å². The first-order chi connectivity index (χ1) is 17.1. The first-order valence-corrected chi connectivity index (χ1v) is 12.2. The third kappa shape index (κ3) is 9.03. The van der Waals surface area contributed by atoms with Crippen molar-refractivity contribution < 1.29 is 37.3 Å². The lowest BCUT2D eigenvalue weighted by Gasteiger charge is -2.17. The highest BCUT2D eigenvalue weighted by molar-refractivity contribution is 7.99. The van der Waals surface area contributed by atoms with E-state index >= 15 is 0 Å². The molecule has 0 fully saturated rings. The second-order valence-corrected chi connectivity index (χ2v) is 9.63. The Balaban J connectivity index is 1.60. The number of alkyl halides is 3. The van der Waals surface area contributed by atoms with Gasteiger partial charge in [-0.05, 0) is 67.3 Å². The van der Waals surface area contributed by atoms with E-state index in [0.29, 0.717) is 30.9 Å². The van der Waals surface area contributed by atoms with Crippen LogP contribution in [-0.2, 0) is 11.2 Å². The van der Waals surface area contributed by atoms with Gasteiger partial charge in [0.05, 0.1) is 6.61 Å². The summed E-state index contributed by atoms with van der Waals surface area (Å²) in [6.07, 6.45) is -3.54. The first kappa shape index (κ1) is 27.3. The van der Waals surface area contributed by atoms with Gasteiger partial charge < -0.3 is 19.3 Å². The summed E-state index contributed by atoms with van der Waals surface area (Å²) >= 11 is 1.67. The SMILES string of the molecule is Cc1cc(S[C@H](C)CCOc2ccc(OC(F)(F)F)cc2Oc2ccccc2)ccc1CCC(=O)O. The highest BCUT2D eigenvalue weighted by Gasteiger charge is 2.31. The minimum absolute atomic E-state index is 0.0976. The lowest BCUT2D eigenvalue weighted by molar-refractivity contribution is -0.274. The quantitative estimate of drug-likeness (QED) is 0.248. The van der Waals surface area contributed by atoms with E-state index in [1.54, 1.807) is 42.1 Å². The number of benzene rings is 3. The molecule has 1 N–H and O–H groups in total. The molecule has 0 heterocycles. The molecule has 36 heavy (non-hydrogen) atoms. The smallest absolute Gasteiger partial charge is 0.490 e. The molecular formula is C27H27F3O5S. The summed E-state index contributed by atoms with van der Waals surface area (Å²) < 4.78 is 53.7. The van der Waals surface area contributed by atoms with Gasteiger partial charge in [-0.15, -0.1) is 24.9 Å². The maximum Gasteiger partial charge on any atom is 0.573 e. The van der Waals surface area contributed by atoms with Crippen molar-refractivity contribution >= 4 is 17.7 Å². The third-order valence-corrected chi connectivity index (χ3v) is 6.33. The van der Waals surface area contributed by atoms with Crippen molar-refractivity contribution in [3.63, 3.8) is 0 Å². The fraction of sp³-hybridized carbons (Fsp3) is 0.296. The molecule has 0 aliphatic rings. The van der Waals surface area contributed by atoms with Gasteiger partial charge in [0, 0.05) is 22.6 Å². The van der Waals surface area contributed by atoms with E-state index in [1.807, 2.05) is 25.1 Å². The van der Waals surface area contributed by atoms with E-state index in [1.165, 1.54) is 12.1 Å². The van der Waals surface area contributed by atoms with Crippen molar-refractivity contribution in [2.45, 2.75) is 49.6 Å². The van der Waals surface area contributed by atoms with E-state index in [0.717, 1.165) is 22.1 Å². The number of aliphatic carboxylic acids is 1. The monoisotopic (exact) mass is 520 g/mol. The third-order valence-electron chi connectivity index (χ3n) is 5.16. The molecule has 0 radical (unpaired) electrons. The number of carboxylic acid groups (broad SMARTS) is 1. The normalized spacial score (nSPS) is 12.1. The Morgan fingerprint density at radius 3 is 2.42 bits per heavy atom. The zero-order valence-corrected chi connectivity index (χ0v) is 20.7. The topological polar surface area (TPSA) is 65.0 Å². The number of rotatable bonds is 12. The average Bonchev–Trinajstić information content (AvgIpc) is 2.79. The molecule has 5 nitrogen and oxygen atoms in total. The highest BCUT2D eigenvalue weighted by atomic mass is 32.2. The van der Waals surface area contributed by atoms with Gasteiger partial charge in [-0.25, -0.2) is 0 Å². The fourth-order valence-corrected chi connectivity index (χ4v) is 4.46. The van der Waals surface area contributed by atoms with E-state index in [4.69, 9.17) is 14.6 Å². The molecule has 0 unspecified atom stereocenters. The Labute approximate surface area is 212 Å². The van der Waals surface area contributed by atoms with Gasteiger partial charge in [-0.3, -0.25) is 4.79 Å². The van der Waals surface area contributed by atoms with Crippen LogP contribution < -0.4 is 14.2 Å². The number of carboxylic acids is 1. The van der Waals surface area contributed by atoms with Crippen molar-refractivity contribution in [1.29, 1.82) is 0 Å². The van der Waals surface area contributed by atoms with Gasteiger partial charge >= 0.3 is 12.3 Å². The highest BCUT2D eigenvalue weighted by Crippen LogP contribution is 2.37. The van der Waals surface area contributed by atoms with E-state index in [-0.39, 0.29) is 17.4 Å². The Morgan fingerprint density at radius 2 is 1.75 bits per heavy atom. The number of halogens is 3. The van der Waals surface area contributed by atoms with E-state index in [2.05, 4.69) is 11.7 Å². The van der Waals surface area contributed by atoms with E-state index in [9.17, 15) is 18.0 Å². The minimum Gasteiger partial charge on any atom is -0.490 e. The number of thioether (sulfide) groups is 1. The summed E-state index contributed by atoms with van der Waals surface area (Å²) in [5.74, 6) is -0.328. The van der Waals surface area contributed by atoms with Gasteiger partial charge in [0.2, 0.25) is 0 Å². The van der Waals surface area contributed by atoms with Crippen molar-refractivity contribution in [3.05, 3.63) is 77.9 Å². The van der Waals surface area contributed by atoms with Gasteiger partial charge in [-0.2, -0.15) is 0 Å². The zero-order chi connectivity index (χ0) is 26.1.